The Morgan fingerprint density at radius 3 is 2.56 bits per heavy atom. The number of carbonyl (C=O) groups is 2. The summed E-state index contributed by atoms with van der Waals surface area (Å²) in [7, 11) is 0. The molecule has 8 nitrogen and oxygen atoms in total. The minimum Gasteiger partial charge on any atom is -0.508 e. The molecule has 2 rings (SSSR count). The number of aliphatic hydroxyl groups excluding tert-OH is 2. The summed E-state index contributed by atoms with van der Waals surface area (Å²) >= 11 is 3.85. The van der Waals surface area contributed by atoms with Crippen LogP contribution in [0.5, 0.6) is 17.2 Å². The first-order chi connectivity index (χ1) is 12.6. The number of aromatic hydroxyl groups is 2. The zero-order chi connectivity index (χ0) is 20.3. The first-order valence-electron chi connectivity index (χ1n) is 7.96. The van der Waals surface area contributed by atoms with Crippen LogP contribution in [0.1, 0.15) is 23.7 Å². The van der Waals surface area contributed by atoms with Crippen molar-refractivity contribution in [3.05, 3.63) is 28.7 Å². The summed E-state index contributed by atoms with van der Waals surface area (Å²) in [5.41, 5.74) is -0.381. The number of carbonyl (C=O) groups excluding carboxylic acids is 2. The highest BCUT2D eigenvalue weighted by Gasteiger charge is 2.33. The summed E-state index contributed by atoms with van der Waals surface area (Å²) in [5.74, 6) is -3.54. The second-order valence-corrected chi connectivity index (χ2v) is 6.47. The monoisotopic (exact) mass is 402 g/mol. The van der Waals surface area contributed by atoms with Gasteiger partial charge in [-0.25, -0.2) is 9.18 Å². The maximum Gasteiger partial charge on any atom is 0.346 e. The fraction of sp³-hybridized carbons (Fsp3) is 0.412. The smallest absolute Gasteiger partial charge is 0.346 e. The molecule has 10 heteroatoms. The molecule has 0 spiro atoms. The van der Waals surface area contributed by atoms with Gasteiger partial charge in [0.25, 0.3) is 0 Å². The van der Waals surface area contributed by atoms with Crippen molar-refractivity contribution in [3.8, 4) is 17.2 Å². The molecule has 1 aliphatic heterocycles. The van der Waals surface area contributed by atoms with Gasteiger partial charge in [0.15, 0.2) is 6.17 Å². The number of Topliss-reactive ketones (excluding diaryl/α,β-unsaturated/α-hetero) is 1. The molecule has 27 heavy (non-hydrogen) atoms. The van der Waals surface area contributed by atoms with Gasteiger partial charge >= 0.3 is 5.97 Å². The van der Waals surface area contributed by atoms with Crippen LogP contribution in [0.15, 0.2) is 23.1 Å². The van der Waals surface area contributed by atoms with Gasteiger partial charge in [0, 0.05) is 23.5 Å². The number of ketones is 1. The van der Waals surface area contributed by atoms with E-state index in [1.165, 1.54) is 6.92 Å². The highest BCUT2D eigenvalue weighted by Crippen LogP contribution is 2.34. The van der Waals surface area contributed by atoms with Gasteiger partial charge in [-0.3, -0.25) is 4.79 Å². The zero-order valence-corrected chi connectivity index (χ0v) is 15.1. The second kappa shape index (κ2) is 8.59. The van der Waals surface area contributed by atoms with Crippen molar-refractivity contribution in [2.75, 3.05) is 6.61 Å². The molecular weight excluding hydrogens is 383 g/mol. The average molecular weight is 402 g/mol. The van der Waals surface area contributed by atoms with E-state index in [4.69, 9.17) is 9.47 Å². The summed E-state index contributed by atoms with van der Waals surface area (Å²) < 4.78 is 24.5. The van der Waals surface area contributed by atoms with Crippen molar-refractivity contribution < 1.29 is 43.9 Å². The number of halogens is 1. The van der Waals surface area contributed by atoms with E-state index in [-0.39, 0.29) is 30.1 Å². The lowest BCUT2D eigenvalue weighted by Crippen LogP contribution is -2.40. The van der Waals surface area contributed by atoms with Crippen LogP contribution in [-0.4, -0.2) is 63.3 Å². The molecule has 4 atom stereocenters. The van der Waals surface area contributed by atoms with Crippen LogP contribution in [-0.2, 0) is 9.53 Å². The number of allylic oxidation sites excluding steroid dienone is 1. The predicted molar refractivity (Wildman–Crippen MR) is 93.7 cm³/mol. The van der Waals surface area contributed by atoms with Gasteiger partial charge in [-0.1, -0.05) is 0 Å². The van der Waals surface area contributed by atoms with E-state index in [1.807, 2.05) is 0 Å². The van der Waals surface area contributed by atoms with E-state index >= 15 is 0 Å². The minimum atomic E-state index is -2.32. The van der Waals surface area contributed by atoms with E-state index in [2.05, 4.69) is 12.6 Å². The van der Waals surface area contributed by atoms with E-state index in [0.717, 1.165) is 18.2 Å². The van der Waals surface area contributed by atoms with Crippen LogP contribution >= 0.6 is 12.6 Å². The second-order valence-electron chi connectivity index (χ2n) is 5.95. The number of ether oxygens (including phenoxy) is 2. The Labute approximate surface area is 159 Å². The Hall–Kier alpha value is -2.30. The largest absolute Gasteiger partial charge is 0.508 e. The average Bonchev–Trinajstić information content (AvgIpc) is 2.57. The normalized spacial score (nSPS) is 29.6. The lowest BCUT2D eigenvalue weighted by Gasteiger charge is -2.21. The van der Waals surface area contributed by atoms with Crippen LogP contribution in [0.25, 0.3) is 0 Å². The summed E-state index contributed by atoms with van der Waals surface area (Å²) in [4.78, 5) is 23.8. The third-order valence-corrected chi connectivity index (χ3v) is 4.18. The number of alkyl halides is 1. The fourth-order valence-electron chi connectivity index (χ4n) is 2.43. The van der Waals surface area contributed by atoms with Gasteiger partial charge in [-0.15, -0.1) is 12.6 Å². The number of rotatable bonds is 0. The van der Waals surface area contributed by atoms with Crippen molar-refractivity contribution >= 4 is 24.4 Å². The van der Waals surface area contributed by atoms with Crippen LogP contribution in [0.3, 0.4) is 0 Å². The lowest BCUT2D eigenvalue weighted by atomic mass is 10.0. The molecule has 0 aromatic heterocycles. The molecule has 0 bridgehead atoms. The first-order valence-corrected chi connectivity index (χ1v) is 8.41. The number of thiol groups is 1. The number of aliphatic hydroxyl groups is 2. The molecule has 0 fully saturated rings. The van der Waals surface area contributed by atoms with Crippen molar-refractivity contribution in [1.29, 1.82) is 0 Å². The maximum atomic E-state index is 14.2. The van der Waals surface area contributed by atoms with Gasteiger partial charge in [0.05, 0.1) is 12.7 Å². The molecule has 0 saturated heterocycles. The summed E-state index contributed by atoms with van der Waals surface area (Å²) in [6.07, 6.45) is -6.29. The zero-order valence-electron chi connectivity index (χ0n) is 14.2. The Kier molecular flexibility index (Phi) is 6.68. The predicted octanol–water partition coefficient (Wildman–Crippen LogP) is 0.868. The molecule has 0 aliphatic carbocycles. The molecule has 0 unspecified atom stereocenters. The number of phenols is 2. The third kappa shape index (κ3) is 4.90. The van der Waals surface area contributed by atoms with E-state index in [9.17, 15) is 34.4 Å². The highest BCUT2D eigenvalue weighted by molar-refractivity contribution is 7.84. The molecule has 1 aromatic carbocycles. The van der Waals surface area contributed by atoms with E-state index < -0.39 is 46.9 Å². The molecule has 0 amide bonds. The lowest BCUT2D eigenvalue weighted by molar-refractivity contribution is -0.136. The van der Waals surface area contributed by atoms with Gasteiger partial charge in [0.1, 0.15) is 35.0 Å². The number of hydrogen-bond acceptors (Lipinski definition) is 9. The molecule has 1 aromatic rings. The van der Waals surface area contributed by atoms with E-state index in [1.54, 1.807) is 0 Å². The Balaban J connectivity index is 2.44. The Morgan fingerprint density at radius 1 is 1.22 bits per heavy atom. The SMILES string of the molecule is C[C@H]1/C=C(\S)[C@@H](F)C(=O)[C@@H](O)[C@@H](O)CCOc2cc(O)cc(O)c2C(=O)O1. The first kappa shape index (κ1) is 21.0. The number of hydrogen-bond donors (Lipinski definition) is 5. The van der Waals surface area contributed by atoms with Crippen LogP contribution < -0.4 is 4.74 Å². The van der Waals surface area contributed by atoms with Crippen LogP contribution in [0, 0.1) is 0 Å². The maximum absolute atomic E-state index is 14.2. The number of phenolic OH excluding ortho intramolecular Hbond substituents is 2. The standard InChI is InChI=1S/C17H19FO8S/c1-7-4-12(27)14(18)16(23)15(22)9(20)2-3-25-11-6-8(19)5-10(21)13(11)17(24)26-7/h4-7,9,14-15,19-22,27H,2-3H2,1H3/b12-4-/t7-,9-,14+,15-/m0/s1. The number of benzene rings is 1. The fourth-order valence-corrected chi connectivity index (χ4v) is 2.76. The highest BCUT2D eigenvalue weighted by atomic mass is 32.1. The van der Waals surface area contributed by atoms with Gasteiger partial charge < -0.3 is 29.9 Å². The number of fused-ring (bicyclic) bond motifs is 1. The molecule has 148 valence electrons. The Bertz CT molecular complexity index is 766. The third-order valence-electron chi connectivity index (χ3n) is 3.81. The summed E-state index contributed by atoms with van der Waals surface area (Å²) in [6, 6.07) is 1.96. The van der Waals surface area contributed by atoms with Crippen LogP contribution in [0.2, 0.25) is 0 Å². The van der Waals surface area contributed by atoms with Crippen molar-refractivity contribution in [2.24, 2.45) is 0 Å². The minimum absolute atomic E-state index is 0.228. The van der Waals surface area contributed by atoms with Crippen molar-refractivity contribution in [3.63, 3.8) is 0 Å². The summed E-state index contributed by atoms with van der Waals surface area (Å²) in [5, 5.41) is 39.2. The quantitative estimate of drug-likeness (QED) is 0.319. The molecule has 1 aliphatic rings. The van der Waals surface area contributed by atoms with Crippen molar-refractivity contribution in [1.82, 2.24) is 0 Å². The van der Waals surface area contributed by atoms with E-state index in [0.29, 0.717) is 0 Å². The number of esters is 1. The van der Waals surface area contributed by atoms with Crippen LogP contribution in [0.4, 0.5) is 4.39 Å². The van der Waals surface area contributed by atoms with Gasteiger partial charge in [-0.2, -0.15) is 0 Å². The van der Waals surface area contributed by atoms with Gasteiger partial charge in [-0.05, 0) is 13.0 Å². The topological polar surface area (TPSA) is 134 Å². The number of cyclic esters (lactones) is 1. The molecule has 4 N–H and O–H groups in total. The Morgan fingerprint density at radius 2 is 1.89 bits per heavy atom. The van der Waals surface area contributed by atoms with Crippen molar-refractivity contribution in [2.45, 2.75) is 37.8 Å². The molecule has 0 saturated carbocycles. The molecule has 0 radical (unpaired) electrons. The molecular formula is C17H19FO8S. The van der Waals surface area contributed by atoms with Gasteiger partial charge in [0.2, 0.25) is 5.78 Å². The summed E-state index contributed by atoms with van der Waals surface area (Å²) in [6.45, 7) is 1.05. The molecule has 1 heterocycles.